The number of pyridine rings is 1. The molecule has 6 heteroatoms. The zero-order valence-electron chi connectivity index (χ0n) is 17.6. The molecule has 1 saturated carbocycles. The second kappa shape index (κ2) is 6.90. The van der Waals surface area contributed by atoms with Crippen molar-refractivity contribution in [2.75, 3.05) is 18.5 Å². The molecular weight excluding hydrogens is 374 g/mol. The van der Waals surface area contributed by atoms with Gasteiger partial charge in [-0.05, 0) is 54.7 Å². The van der Waals surface area contributed by atoms with Gasteiger partial charge in [-0.25, -0.2) is 9.97 Å². The molecule has 1 aliphatic carbocycles. The highest BCUT2D eigenvalue weighted by Gasteiger charge is 2.52. The molecule has 1 aliphatic heterocycles. The predicted molar refractivity (Wildman–Crippen MR) is 117 cm³/mol. The Morgan fingerprint density at radius 2 is 1.90 bits per heavy atom. The molecule has 3 aromatic rings. The van der Waals surface area contributed by atoms with E-state index in [0.29, 0.717) is 12.5 Å². The Hall–Kier alpha value is -3.28. The molecule has 5 rings (SSSR count). The number of fused-ring (bicyclic) bond motifs is 2. The van der Waals surface area contributed by atoms with E-state index in [2.05, 4.69) is 45.0 Å². The van der Waals surface area contributed by atoms with E-state index in [1.165, 1.54) is 24.1 Å². The van der Waals surface area contributed by atoms with Crippen LogP contribution in [0.4, 0.5) is 11.6 Å². The lowest BCUT2D eigenvalue weighted by atomic mass is 9.97. The van der Waals surface area contributed by atoms with E-state index in [1.807, 2.05) is 37.8 Å². The molecule has 1 fully saturated rings. The SMILES string of the molecule is CC(=O)N(C)Cc1ccc2c(c1)N(c1ncc(-c3cc(C)ccn3)cn1)CC21CC1. The van der Waals surface area contributed by atoms with E-state index in [9.17, 15) is 4.79 Å². The molecule has 1 aromatic carbocycles. The minimum Gasteiger partial charge on any atom is -0.342 e. The van der Waals surface area contributed by atoms with Crippen LogP contribution in [0.25, 0.3) is 11.3 Å². The average Bonchev–Trinajstić information content (AvgIpc) is 3.45. The number of rotatable bonds is 4. The van der Waals surface area contributed by atoms with Gasteiger partial charge in [0.05, 0.1) is 5.69 Å². The molecule has 0 radical (unpaired) electrons. The molecule has 0 N–H and O–H groups in total. The third-order valence-electron chi connectivity index (χ3n) is 6.29. The topological polar surface area (TPSA) is 62.2 Å². The van der Waals surface area contributed by atoms with E-state index in [4.69, 9.17) is 0 Å². The van der Waals surface area contributed by atoms with Crippen LogP contribution in [0, 0.1) is 6.92 Å². The van der Waals surface area contributed by atoms with Crippen molar-refractivity contribution >= 4 is 17.5 Å². The molecule has 0 saturated heterocycles. The molecule has 1 amide bonds. The van der Waals surface area contributed by atoms with Gasteiger partial charge in [0.25, 0.3) is 0 Å². The Labute approximate surface area is 176 Å². The lowest BCUT2D eigenvalue weighted by molar-refractivity contribution is -0.128. The van der Waals surface area contributed by atoms with Crippen LogP contribution < -0.4 is 4.90 Å². The number of carbonyl (C=O) groups is 1. The van der Waals surface area contributed by atoms with Crippen LogP contribution in [0.5, 0.6) is 0 Å². The van der Waals surface area contributed by atoms with Gasteiger partial charge in [-0.3, -0.25) is 9.78 Å². The van der Waals surface area contributed by atoms with Crippen LogP contribution >= 0.6 is 0 Å². The summed E-state index contributed by atoms with van der Waals surface area (Å²) in [5.74, 6) is 0.781. The highest BCUT2D eigenvalue weighted by molar-refractivity contribution is 5.74. The van der Waals surface area contributed by atoms with Crippen molar-refractivity contribution in [1.82, 2.24) is 19.9 Å². The van der Waals surface area contributed by atoms with Crippen LogP contribution in [0.1, 0.15) is 36.5 Å². The molecular formula is C24H25N5O. The van der Waals surface area contributed by atoms with Crippen LogP contribution in [-0.2, 0) is 16.8 Å². The maximum absolute atomic E-state index is 11.6. The van der Waals surface area contributed by atoms with Gasteiger partial charge >= 0.3 is 0 Å². The van der Waals surface area contributed by atoms with Crippen molar-refractivity contribution in [3.63, 3.8) is 0 Å². The average molecular weight is 399 g/mol. The third-order valence-corrected chi connectivity index (χ3v) is 6.29. The van der Waals surface area contributed by atoms with Gasteiger partial charge in [0.15, 0.2) is 0 Å². The molecule has 3 heterocycles. The van der Waals surface area contributed by atoms with E-state index in [0.717, 1.165) is 28.9 Å². The van der Waals surface area contributed by atoms with E-state index < -0.39 is 0 Å². The fraction of sp³-hybridized carbons (Fsp3) is 0.333. The van der Waals surface area contributed by atoms with Crippen molar-refractivity contribution < 1.29 is 4.79 Å². The summed E-state index contributed by atoms with van der Waals surface area (Å²) >= 11 is 0. The van der Waals surface area contributed by atoms with Crippen LogP contribution in [-0.4, -0.2) is 39.4 Å². The fourth-order valence-electron chi connectivity index (χ4n) is 4.25. The van der Waals surface area contributed by atoms with Gasteiger partial charge in [0.1, 0.15) is 0 Å². The number of hydrogen-bond donors (Lipinski definition) is 0. The molecule has 6 nitrogen and oxygen atoms in total. The van der Waals surface area contributed by atoms with E-state index >= 15 is 0 Å². The summed E-state index contributed by atoms with van der Waals surface area (Å²) in [6, 6.07) is 10.6. The smallest absolute Gasteiger partial charge is 0.229 e. The largest absolute Gasteiger partial charge is 0.342 e. The molecule has 2 aliphatic rings. The fourth-order valence-corrected chi connectivity index (χ4v) is 4.25. The zero-order valence-corrected chi connectivity index (χ0v) is 17.6. The molecule has 30 heavy (non-hydrogen) atoms. The lowest BCUT2D eigenvalue weighted by Gasteiger charge is -2.19. The van der Waals surface area contributed by atoms with Crippen LogP contribution in [0.2, 0.25) is 0 Å². The molecule has 152 valence electrons. The number of amides is 1. The summed E-state index contributed by atoms with van der Waals surface area (Å²) in [7, 11) is 1.83. The molecule has 0 atom stereocenters. The van der Waals surface area contributed by atoms with Crippen molar-refractivity contribution in [2.45, 2.75) is 38.6 Å². The van der Waals surface area contributed by atoms with Gasteiger partial charge in [-0.15, -0.1) is 0 Å². The number of aryl methyl sites for hydroxylation is 1. The summed E-state index contributed by atoms with van der Waals surface area (Å²) in [6.45, 7) is 5.16. The summed E-state index contributed by atoms with van der Waals surface area (Å²) in [5.41, 5.74) is 6.87. The Kier molecular flexibility index (Phi) is 4.31. The highest BCUT2D eigenvalue weighted by Crippen LogP contribution is 2.57. The normalized spacial score (nSPS) is 15.9. The monoisotopic (exact) mass is 399 g/mol. The Bertz CT molecular complexity index is 1120. The van der Waals surface area contributed by atoms with Gasteiger partial charge in [-0.1, -0.05) is 12.1 Å². The number of nitrogens with zero attached hydrogens (tertiary/aromatic N) is 5. The Balaban J connectivity index is 1.47. The first kappa shape index (κ1) is 18.7. The second-order valence-electron chi connectivity index (χ2n) is 8.58. The van der Waals surface area contributed by atoms with Gasteiger partial charge in [-0.2, -0.15) is 0 Å². The van der Waals surface area contributed by atoms with Crippen LogP contribution in [0.3, 0.4) is 0 Å². The molecule has 1 spiro atoms. The van der Waals surface area contributed by atoms with Gasteiger partial charge in [0, 0.05) is 62.3 Å². The summed E-state index contributed by atoms with van der Waals surface area (Å²) < 4.78 is 0. The third kappa shape index (κ3) is 3.22. The first-order valence-corrected chi connectivity index (χ1v) is 10.3. The molecule has 0 bridgehead atoms. The number of anilines is 2. The maximum atomic E-state index is 11.6. The Morgan fingerprint density at radius 1 is 1.13 bits per heavy atom. The summed E-state index contributed by atoms with van der Waals surface area (Å²) in [5, 5.41) is 0. The van der Waals surface area contributed by atoms with Gasteiger partial charge < -0.3 is 9.80 Å². The van der Waals surface area contributed by atoms with E-state index in [-0.39, 0.29) is 11.3 Å². The summed E-state index contributed by atoms with van der Waals surface area (Å²) in [6.07, 6.45) is 7.93. The number of aromatic nitrogens is 3. The first-order chi connectivity index (χ1) is 14.4. The molecule has 0 unspecified atom stereocenters. The zero-order chi connectivity index (χ0) is 20.9. The van der Waals surface area contributed by atoms with Crippen LogP contribution in [0.15, 0.2) is 48.9 Å². The minimum absolute atomic E-state index is 0.0645. The Morgan fingerprint density at radius 3 is 2.57 bits per heavy atom. The second-order valence-corrected chi connectivity index (χ2v) is 8.58. The number of benzene rings is 1. The van der Waals surface area contributed by atoms with Crippen molar-refractivity contribution in [2.24, 2.45) is 0 Å². The predicted octanol–water partition coefficient (Wildman–Crippen LogP) is 4.01. The standard InChI is InChI=1S/C24H25N5O/c1-16-6-9-25-21(10-16)19-12-26-23(27-13-19)29-15-24(7-8-24)20-5-4-18(11-22(20)29)14-28(3)17(2)30/h4-6,9-13H,7-8,14-15H2,1-3H3. The summed E-state index contributed by atoms with van der Waals surface area (Å²) in [4.78, 5) is 29.4. The lowest BCUT2D eigenvalue weighted by Crippen LogP contribution is -2.23. The maximum Gasteiger partial charge on any atom is 0.229 e. The molecule has 2 aromatic heterocycles. The quantitative estimate of drug-likeness (QED) is 0.663. The van der Waals surface area contributed by atoms with Crippen molar-refractivity contribution in [1.29, 1.82) is 0 Å². The van der Waals surface area contributed by atoms with Crippen molar-refractivity contribution in [3.05, 3.63) is 65.6 Å². The van der Waals surface area contributed by atoms with E-state index in [1.54, 1.807) is 11.8 Å². The highest BCUT2D eigenvalue weighted by atomic mass is 16.2. The minimum atomic E-state index is 0.0645. The first-order valence-electron chi connectivity index (χ1n) is 10.3. The number of carbonyl (C=O) groups excluding carboxylic acids is 1. The number of hydrogen-bond acceptors (Lipinski definition) is 5. The van der Waals surface area contributed by atoms with Crippen molar-refractivity contribution in [3.8, 4) is 11.3 Å². The van der Waals surface area contributed by atoms with Gasteiger partial charge in [0.2, 0.25) is 11.9 Å².